The Morgan fingerprint density at radius 2 is 0.826 bits per heavy atom. The molecule has 0 N–H and O–H groups in total. The van der Waals surface area contributed by atoms with Gasteiger partial charge in [-0.05, 0) is 138 Å². The molecule has 2 heteroatoms. The average Bonchev–Trinajstić information content (AvgIpc) is 4.01. The molecule has 1 heterocycles. The first-order valence-corrected chi connectivity index (χ1v) is 24.6. The van der Waals surface area contributed by atoms with E-state index in [1.807, 2.05) is 11.3 Å². The molecule has 1 aliphatic rings. The van der Waals surface area contributed by atoms with E-state index in [0.717, 1.165) is 17.1 Å². The smallest absolute Gasteiger partial charge is 0.0719 e. The van der Waals surface area contributed by atoms with Crippen LogP contribution in [0.4, 0.5) is 17.1 Å². The Morgan fingerprint density at radius 3 is 1.52 bits per heavy atom. The summed E-state index contributed by atoms with van der Waals surface area (Å²) >= 11 is 1.85. The SMILES string of the molecule is c1ccc(-c2cc3c(-c4ccc(N(c5ccccc5)c5ccc(-c6ccccc6)c(-c6cc7c(c8ccccc68)C(c6ccccc6)(c6ccccc6)c6ccccc6-7)c5)cc4)cccc3s2)cc1. The highest BCUT2D eigenvalue weighted by atomic mass is 32.1. The number of rotatable bonds is 9. The highest BCUT2D eigenvalue weighted by Gasteiger charge is 2.47. The number of nitrogens with zero attached hydrogens (tertiary/aromatic N) is 1. The van der Waals surface area contributed by atoms with Crippen LogP contribution in [-0.4, -0.2) is 0 Å². The van der Waals surface area contributed by atoms with Gasteiger partial charge in [0.1, 0.15) is 0 Å². The van der Waals surface area contributed by atoms with Crippen LogP contribution in [0.5, 0.6) is 0 Å². The molecule has 0 saturated heterocycles. The molecule has 1 aromatic heterocycles. The van der Waals surface area contributed by atoms with Crippen LogP contribution in [0.2, 0.25) is 0 Å². The summed E-state index contributed by atoms with van der Waals surface area (Å²) in [7, 11) is 0. The number of hydrogen-bond donors (Lipinski definition) is 0. The van der Waals surface area contributed by atoms with Gasteiger partial charge < -0.3 is 4.90 Å². The standard InChI is InChI=1S/C67H45NS/c1-6-21-46(22-7-1)55-42-41-53(68(51-29-14-5-15-30-51)52-39-37-47(38-40-52)54-34-20-36-64-61(54)45-65(69-64)48-23-8-2-9-24-48)43-59(55)60-44-62-57-32-18-19-35-63(57)67(49-25-10-3-11-26-49,50-27-12-4-13-28-50)66(62)58-33-17-16-31-56(58)60/h1-45H. The number of benzene rings is 11. The number of thiophene rings is 1. The zero-order valence-corrected chi connectivity index (χ0v) is 38.7. The molecule has 0 atom stereocenters. The van der Waals surface area contributed by atoms with Crippen LogP contribution in [-0.2, 0) is 5.41 Å². The molecule has 11 aromatic carbocycles. The maximum Gasteiger partial charge on any atom is 0.0719 e. The molecule has 0 unspecified atom stereocenters. The van der Waals surface area contributed by atoms with Crippen molar-refractivity contribution in [2.24, 2.45) is 0 Å². The molecular formula is C67H45NS. The van der Waals surface area contributed by atoms with E-state index < -0.39 is 5.41 Å². The van der Waals surface area contributed by atoms with Crippen molar-refractivity contribution in [3.8, 4) is 54.9 Å². The molecule has 0 radical (unpaired) electrons. The molecule has 1 nitrogen and oxygen atoms in total. The van der Waals surface area contributed by atoms with Crippen molar-refractivity contribution < 1.29 is 0 Å². The molecule has 0 fully saturated rings. The summed E-state index contributed by atoms with van der Waals surface area (Å²) in [5, 5.41) is 3.76. The first-order valence-electron chi connectivity index (χ1n) is 23.7. The fraction of sp³-hybridized carbons (Fsp3) is 0.0149. The summed E-state index contributed by atoms with van der Waals surface area (Å²) in [6.07, 6.45) is 0. The van der Waals surface area contributed by atoms with E-state index in [9.17, 15) is 0 Å². The fourth-order valence-electron chi connectivity index (χ4n) is 11.2. The van der Waals surface area contributed by atoms with E-state index in [-0.39, 0.29) is 0 Å². The first-order chi connectivity index (χ1) is 34.2. The molecule has 12 aromatic rings. The quantitative estimate of drug-likeness (QED) is 0.140. The number of anilines is 3. The Bertz CT molecular complexity index is 3760. The van der Waals surface area contributed by atoms with Gasteiger partial charge in [-0.3, -0.25) is 0 Å². The third-order valence-electron chi connectivity index (χ3n) is 14.2. The second-order valence-corrected chi connectivity index (χ2v) is 19.0. The van der Waals surface area contributed by atoms with Gasteiger partial charge in [0.2, 0.25) is 0 Å². The van der Waals surface area contributed by atoms with E-state index in [1.165, 1.54) is 98.1 Å². The van der Waals surface area contributed by atoms with Gasteiger partial charge in [-0.2, -0.15) is 0 Å². The molecule has 0 aliphatic heterocycles. The molecule has 13 rings (SSSR count). The third-order valence-corrected chi connectivity index (χ3v) is 15.3. The Balaban J connectivity index is 1.02. The zero-order chi connectivity index (χ0) is 45.7. The average molecular weight is 896 g/mol. The lowest BCUT2D eigenvalue weighted by molar-refractivity contribution is 0.775. The molecular weight excluding hydrogens is 851 g/mol. The molecule has 324 valence electrons. The Hall–Kier alpha value is -8.56. The normalized spacial score (nSPS) is 12.5. The molecule has 0 amide bonds. The maximum absolute atomic E-state index is 2.51. The van der Waals surface area contributed by atoms with E-state index in [0.29, 0.717) is 0 Å². The topological polar surface area (TPSA) is 3.24 Å². The summed E-state index contributed by atoms with van der Waals surface area (Å²) in [4.78, 5) is 3.69. The van der Waals surface area contributed by atoms with Crippen molar-refractivity contribution in [2.75, 3.05) is 4.90 Å². The summed E-state index contributed by atoms with van der Waals surface area (Å²) < 4.78 is 1.29. The minimum atomic E-state index is -0.522. The minimum Gasteiger partial charge on any atom is -0.310 e. The van der Waals surface area contributed by atoms with E-state index in [2.05, 4.69) is 278 Å². The summed E-state index contributed by atoms with van der Waals surface area (Å²) in [5.41, 5.74) is 18.9. The van der Waals surface area contributed by atoms with Crippen molar-refractivity contribution in [2.45, 2.75) is 5.41 Å². The summed E-state index contributed by atoms with van der Waals surface area (Å²) in [5.74, 6) is 0. The van der Waals surface area contributed by atoms with Crippen molar-refractivity contribution in [1.29, 1.82) is 0 Å². The van der Waals surface area contributed by atoms with Gasteiger partial charge in [0, 0.05) is 32.0 Å². The second kappa shape index (κ2) is 16.9. The highest BCUT2D eigenvalue weighted by molar-refractivity contribution is 7.22. The van der Waals surface area contributed by atoms with Gasteiger partial charge in [0.05, 0.1) is 5.41 Å². The predicted molar refractivity (Wildman–Crippen MR) is 293 cm³/mol. The molecule has 0 bridgehead atoms. The van der Waals surface area contributed by atoms with Crippen molar-refractivity contribution in [3.05, 3.63) is 295 Å². The molecule has 69 heavy (non-hydrogen) atoms. The van der Waals surface area contributed by atoms with Crippen molar-refractivity contribution in [3.63, 3.8) is 0 Å². The van der Waals surface area contributed by atoms with Crippen LogP contribution >= 0.6 is 11.3 Å². The second-order valence-electron chi connectivity index (χ2n) is 17.9. The lowest BCUT2D eigenvalue weighted by Gasteiger charge is -2.35. The van der Waals surface area contributed by atoms with Gasteiger partial charge in [-0.15, -0.1) is 11.3 Å². The van der Waals surface area contributed by atoms with Crippen LogP contribution in [0.15, 0.2) is 273 Å². The highest BCUT2D eigenvalue weighted by Crippen LogP contribution is 2.59. The van der Waals surface area contributed by atoms with Crippen molar-refractivity contribution >= 4 is 49.3 Å². The first kappa shape index (κ1) is 40.7. The Morgan fingerprint density at radius 1 is 0.290 bits per heavy atom. The van der Waals surface area contributed by atoms with Crippen LogP contribution in [0.25, 0.3) is 75.8 Å². The van der Waals surface area contributed by atoms with Gasteiger partial charge in [-0.25, -0.2) is 0 Å². The van der Waals surface area contributed by atoms with Crippen LogP contribution < -0.4 is 4.90 Å². The van der Waals surface area contributed by atoms with Crippen molar-refractivity contribution in [1.82, 2.24) is 0 Å². The summed E-state index contributed by atoms with van der Waals surface area (Å²) in [6, 6.07) is 101. The number of para-hydroxylation sites is 1. The van der Waals surface area contributed by atoms with E-state index in [4.69, 9.17) is 0 Å². The zero-order valence-electron chi connectivity index (χ0n) is 37.8. The number of hydrogen-bond acceptors (Lipinski definition) is 2. The predicted octanol–water partition coefficient (Wildman–Crippen LogP) is 18.6. The third kappa shape index (κ3) is 6.75. The van der Waals surface area contributed by atoms with Gasteiger partial charge in [0.25, 0.3) is 0 Å². The van der Waals surface area contributed by atoms with Gasteiger partial charge in [0.15, 0.2) is 0 Å². The van der Waals surface area contributed by atoms with Crippen LogP contribution in [0.3, 0.4) is 0 Å². The van der Waals surface area contributed by atoms with Gasteiger partial charge in [-0.1, -0.05) is 218 Å². The Labute approximate surface area is 407 Å². The monoisotopic (exact) mass is 895 g/mol. The molecule has 1 aliphatic carbocycles. The molecule has 0 saturated carbocycles. The summed E-state index contributed by atoms with van der Waals surface area (Å²) in [6.45, 7) is 0. The van der Waals surface area contributed by atoms with Crippen LogP contribution in [0, 0.1) is 0 Å². The van der Waals surface area contributed by atoms with Gasteiger partial charge >= 0.3 is 0 Å². The Kier molecular flexibility index (Phi) is 10.00. The molecule has 0 spiro atoms. The maximum atomic E-state index is 2.51. The fourth-order valence-corrected chi connectivity index (χ4v) is 12.3. The van der Waals surface area contributed by atoms with E-state index in [1.54, 1.807) is 0 Å². The van der Waals surface area contributed by atoms with E-state index >= 15 is 0 Å². The lowest BCUT2D eigenvalue weighted by atomic mass is 9.66. The largest absolute Gasteiger partial charge is 0.310 e. The lowest BCUT2D eigenvalue weighted by Crippen LogP contribution is -2.28. The van der Waals surface area contributed by atoms with Crippen LogP contribution in [0.1, 0.15) is 22.3 Å². The minimum absolute atomic E-state index is 0.522. The number of fused-ring (bicyclic) bond motifs is 6.